The van der Waals surface area contributed by atoms with Gasteiger partial charge in [0.2, 0.25) is 5.91 Å². The number of nitrogens with zero attached hydrogens (tertiary/aromatic N) is 3. The van der Waals surface area contributed by atoms with Crippen molar-refractivity contribution in [3.8, 4) is 11.5 Å². The first-order chi connectivity index (χ1) is 11.8. The highest BCUT2D eigenvalue weighted by Crippen LogP contribution is 2.30. The maximum absolute atomic E-state index is 13.1. The summed E-state index contributed by atoms with van der Waals surface area (Å²) < 4.78 is 39.2. The lowest BCUT2D eigenvalue weighted by Crippen LogP contribution is -2.39. The second-order valence-electron chi connectivity index (χ2n) is 5.06. The number of amides is 1. The van der Waals surface area contributed by atoms with Gasteiger partial charge in [-0.2, -0.15) is 13.2 Å². The molecule has 0 saturated heterocycles. The lowest BCUT2D eigenvalue weighted by molar-refractivity contribution is -0.141. The van der Waals surface area contributed by atoms with E-state index >= 15 is 0 Å². The molecule has 3 N–H and O–H groups in total. The van der Waals surface area contributed by atoms with Crippen molar-refractivity contribution in [3.63, 3.8) is 0 Å². The maximum Gasteiger partial charge on any atom is 0.433 e. The molecule has 10 heteroatoms. The molecule has 0 aliphatic heterocycles. The monoisotopic (exact) mass is 355 g/mol. The molecule has 0 fully saturated rings. The lowest BCUT2D eigenvalue weighted by atomic mass is 10.2. The number of nitrogens with one attached hydrogen (secondary N) is 2. The summed E-state index contributed by atoms with van der Waals surface area (Å²) in [5.41, 5.74) is -0.970. The molecule has 2 heterocycles. The molecule has 0 bridgehead atoms. The van der Waals surface area contributed by atoms with E-state index in [0.717, 1.165) is 6.07 Å². The number of alkyl halides is 3. The predicted octanol–water partition coefficient (Wildman–Crippen LogP) is 1.47. The molecule has 0 radical (unpaired) electrons. The van der Waals surface area contributed by atoms with Crippen molar-refractivity contribution < 1.29 is 23.1 Å². The first-order valence-electron chi connectivity index (χ1n) is 7.34. The van der Waals surface area contributed by atoms with Crippen LogP contribution in [0.15, 0.2) is 30.5 Å². The van der Waals surface area contributed by atoms with E-state index in [0.29, 0.717) is 0 Å². The van der Waals surface area contributed by atoms with Crippen LogP contribution in [0.2, 0.25) is 0 Å². The number of aromatic nitrogens is 3. The summed E-state index contributed by atoms with van der Waals surface area (Å²) in [6.45, 7) is 1.26. The summed E-state index contributed by atoms with van der Waals surface area (Å²) in [6, 6.07) is 4.56. The van der Waals surface area contributed by atoms with Crippen LogP contribution in [-0.2, 0) is 11.0 Å². The Morgan fingerprint density at radius 2 is 2.08 bits per heavy atom. The predicted molar refractivity (Wildman–Crippen MR) is 83.4 cm³/mol. The van der Waals surface area contributed by atoms with Crippen molar-refractivity contribution >= 4 is 11.7 Å². The number of pyridine rings is 1. The van der Waals surface area contributed by atoms with Crippen LogP contribution in [0.25, 0.3) is 11.5 Å². The Balaban J connectivity index is 2.32. The third-order valence-corrected chi connectivity index (χ3v) is 3.08. The van der Waals surface area contributed by atoms with Gasteiger partial charge in [0, 0.05) is 18.8 Å². The Hall–Kier alpha value is -2.75. The number of aliphatic hydroxyl groups excluding tert-OH is 1. The molecular formula is C15H16F3N5O2. The van der Waals surface area contributed by atoms with E-state index in [9.17, 15) is 18.0 Å². The van der Waals surface area contributed by atoms with Crippen molar-refractivity contribution in [1.29, 1.82) is 0 Å². The van der Waals surface area contributed by atoms with Crippen LogP contribution in [0.1, 0.15) is 12.6 Å². The Morgan fingerprint density at radius 1 is 1.32 bits per heavy atom. The topological polar surface area (TPSA) is 100 Å². The number of hydrogen-bond donors (Lipinski definition) is 3. The van der Waals surface area contributed by atoms with Gasteiger partial charge < -0.3 is 15.7 Å². The number of rotatable bonds is 6. The van der Waals surface area contributed by atoms with Crippen molar-refractivity contribution in [1.82, 2.24) is 20.3 Å². The normalized spacial score (nSPS) is 12.5. The Kier molecular flexibility index (Phi) is 5.86. The highest BCUT2D eigenvalue weighted by molar-refractivity contribution is 5.83. The molecule has 0 aliphatic rings. The average molecular weight is 355 g/mol. The summed E-state index contributed by atoms with van der Waals surface area (Å²) in [5.74, 6) is -0.851. The third kappa shape index (κ3) is 5.11. The highest BCUT2D eigenvalue weighted by atomic mass is 19.4. The van der Waals surface area contributed by atoms with Gasteiger partial charge in [-0.05, 0) is 19.1 Å². The van der Waals surface area contributed by atoms with Gasteiger partial charge in [0.1, 0.15) is 17.6 Å². The first kappa shape index (κ1) is 18.6. The minimum absolute atomic E-state index is 0.0433. The summed E-state index contributed by atoms with van der Waals surface area (Å²) in [7, 11) is 0. The summed E-state index contributed by atoms with van der Waals surface area (Å²) >= 11 is 0. The van der Waals surface area contributed by atoms with Crippen molar-refractivity contribution in [2.24, 2.45) is 0 Å². The molecule has 7 nitrogen and oxygen atoms in total. The molecule has 2 aromatic rings. The van der Waals surface area contributed by atoms with E-state index in [-0.39, 0.29) is 30.5 Å². The standard InChI is InChI=1S/C15H16F3N5O2/c1-9(14(25)20-6-7-24)21-12-8-11(15(16,17)18)22-13(23-12)10-4-2-3-5-19-10/h2-5,8-9,24H,6-7H2,1H3,(H,20,25)(H,21,22,23)/t9-/m0/s1. The van der Waals surface area contributed by atoms with Crippen molar-refractivity contribution in [2.45, 2.75) is 19.1 Å². The number of hydrogen-bond acceptors (Lipinski definition) is 6. The minimum atomic E-state index is -4.68. The van der Waals surface area contributed by atoms with E-state index in [1.807, 2.05) is 0 Å². The van der Waals surface area contributed by atoms with Crippen LogP contribution in [0.5, 0.6) is 0 Å². The Bertz CT molecular complexity index is 725. The number of carbonyl (C=O) groups is 1. The summed E-state index contributed by atoms with van der Waals surface area (Å²) in [4.78, 5) is 23.2. The molecule has 1 atom stereocenters. The lowest BCUT2D eigenvalue weighted by Gasteiger charge is -2.16. The van der Waals surface area contributed by atoms with Gasteiger partial charge in [-0.1, -0.05) is 6.07 Å². The van der Waals surface area contributed by atoms with Gasteiger partial charge in [-0.3, -0.25) is 9.78 Å². The van der Waals surface area contributed by atoms with Gasteiger partial charge in [0.05, 0.1) is 6.61 Å². The molecule has 0 aromatic carbocycles. The fraction of sp³-hybridized carbons (Fsp3) is 0.333. The number of halogens is 3. The Labute approximate surface area is 141 Å². The van der Waals surface area contributed by atoms with Crippen LogP contribution in [0.4, 0.5) is 19.0 Å². The minimum Gasteiger partial charge on any atom is -0.395 e. The molecule has 1 amide bonds. The number of anilines is 1. The van der Waals surface area contributed by atoms with E-state index in [2.05, 4.69) is 25.6 Å². The third-order valence-electron chi connectivity index (χ3n) is 3.08. The number of aliphatic hydroxyl groups is 1. The maximum atomic E-state index is 13.1. The fourth-order valence-electron chi connectivity index (χ4n) is 1.90. The summed E-state index contributed by atoms with van der Waals surface area (Å²) in [5, 5.41) is 13.7. The zero-order chi connectivity index (χ0) is 18.4. The van der Waals surface area contributed by atoms with E-state index in [1.165, 1.54) is 19.2 Å². The van der Waals surface area contributed by atoms with Crippen LogP contribution < -0.4 is 10.6 Å². The van der Waals surface area contributed by atoms with Crippen LogP contribution in [-0.4, -0.2) is 45.2 Å². The van der Waals surface area contributed by atoms with Gasteiger partial charge in [0.25, 0.3) is 0 Å². The second kappa shape index (κ2) is 7.88. The largest absolute Gasteiger partial charge is 0.433 e. The van der Waals surface area contributed by atoms with Crippen molar-refractivity contribution in [2.75, 3.05) is 18.5 Å². The molecule has 0 saturated carbocycles. The zero-order valence-corrected chi connectivity index (χ0v) is 13.2. The van der Waals surface area contributed by atoms with Gasteiger partial charge >= 0.3 is 6.18 Å². The molecule has 0 spiro atoms. The fourth-order valence-corrected chi connectivity index (χ4v) is 1.90. The SMILES string of the molecule is C[C@H](Nc1cc(C(F)(F)F)nc(-c2ccccn2)n1)C(=O)NCCO. The number of carbonyl (C=O) groups excluding carboxylic acids is 1. The van der Waals surface area contributed by atoms with E-state index < -0.39 is 23.8 Å². The van der Waals surface area contributed by atoms with E-state index in [4.69, 9.17) is 5.11 Å². The zero-order valence-electron chi connectivity index (χ0n) is 13.2. The van der Waals surface area contributed by atoms with Gasteiger partial charge in [0.15, 0.2) is 11.5 Å². The molecule has 0 aliphatic carbocycles. The second-order valence-corrected chi connectivity index (χ2v) is 5.06. The molecule has 134 valence electrons. The van der Waals surface area contributed by atoms with E-state index in [1.54, 1.807) is 12.1 Å². The molecule has 2 rings (SSSR count). The average Bonchev–Trinajstić information content (AvgIpc) is 2.59. The molecular weight excluding hydrogens is 339 g/mol. The van der Waals surface area contributed by atoms with Crippen LogP contribution in [0, 0.1) is 0 Å². The molecule has 0 unspecified atom stereocenters. The first-order valence-corrected chi connectivity index (χ1v) is 7.34. The van der Waals surface area contributed by atoms with Crippen LogP contribution in [0.3, 0.4) is 0 Å². The van der Waals surface area contributed by atoms with Crippen molar-refractivity contribution in [3.05, 3.63) is 36.2 Å². The smallest absolute Gasteiger partial charge is 0.395 e. The van der Waals surface area contributed by atoms with Crippen LogP contribution >= 0.6 is 0 Å². The summed E-state index contributed by atoms with van der Waals surface area (Å²) in [6.07, 6.45) is -3.26. The Morgan fingerprint density at radius 3 is 2.68 bits per heavy atom. The van der Waals surface area contributed by atoms with Gasteiger partial charge in [-0.25, -0.2) is 9.97 Å². The molecule has 2 aromatic heterocycles. The molecule has 25 heavy (non-hydrogen) atoms. The highest BCUT2D eigenvalue weighted by Gasteiger charge is 2.34. The van der Waals surface area contributed by atoms with Gasteiger partial charge in [-0.15, -0.1) is 0 Å². The quantitative estimate of drug-likeness (QED) is 0.726.